The number of benzene rings is 1. The average molecular weight is 172 g/mol. The predicted molar refractivity (Wildman–Crippen MR) is 49.2 cm³/mol. The number of carbonyl (C=O) groups excluding carboxylic acids is 2. The van der Waals surface area contributed by atoms with Gasteiger partial charge in [0, 0.05) is 0 Å². The molecule has 2 nitrogen and oxygen atoms in total. The molecule has 0 aliphatic heterocycles. The first-order valence-electron chi connectivity index (χ1n) is 4.09. The molecule has 1 atom stereocenters. The van der Waals surface area contributed by atoms with E-state index in [1.165, 1.54) is 6.08 Å². The molecular weight excluding hydrogens is 164 g/mol. The van der Waals surface area contributed by atoms with E-state index in [4.69, 9.17) is 0 Å². The molecule has 0 saturated carbocycles. The van der Waals surface area contributed by atoms with Crippen molar-refractivity contribution in [1.29, 1.82) is 0 Å². The molecular formula is C11H8O2. The zero-order chi connectivity index (χ0) is 9.26. The van der Waals surface area contributed by atoms with Crippen LogP contribution in [0.5, 0.6) is 0 Å². The van der Waals surface area contributed by atoms with Crippen LogP contribution in [0.25, 0.3) is 12.2 Å². The third-order valence-corrected chi connectivity index (χ3v) is 2.13. The molecule has 0 fully saturated rings. The summed E-state index contributed by atoms with van der Waals surface area (Å²) in [4.78, 5) is 21.8. The van der Waals surface area contributed by atoms with Gasteiger partial charge in [-0.2, -0.15) is 0 Å². The summed E-state index contributed by atoms with van der Waals surface area (Å²) in [6, 6.07) is 7.53. The van der Waals surface area contributed by atoms with E-state index in [-0.39, 0.29) is 5.78 Å². The Morgan fingerprint density at radius 3 is 2.54 bits per heavy atom. The maximum atomic E-state index is 11.3. The highest BCUT2D eigenvalue weighted by molar-refractivity contribution is 6.17. The monoisotopic (exact) mass is 172 g/mol. The Balaban J connectivity index is 2.72. The third kappa shape index (κ3) is 1.31. The van der Waals surface area contributed by atoms with E-state index in [0.29, 0.717) is 6.29 Å². The van der Waals surface area contributed by atoms with E-state index in [9.17, 15) is 9.59 Å². The number of hydrogen-bond donors (Lipinski definition) is 0. The highest BCUT2D eigenvalue weighted by Crippen LogP contribution is 1.99. The molecule has 0 heterocycles. The van der Waals surface area contributed by atoms with E-state index in [2.05, 4.69) is 0 Å². The van der Waals surface area contributed by atoms with Crippen molar-refractivity contribution < 1.29 is 9.59 Å². The Morgan fingerprint density at radius 2 is 1.85 bits per heavy atom. The zero-order valence-corrected chi connectivity index (χ0v) is 6.94. The Labute approximate surface area is 75.2 Å². The predicted octanol–water partition coefficient (Wildman–Crippen LogP) is -0.355. The lowest BCUT2D eigenvalue weighted by Crippen LogP contribution is -2.33. The van der Waals surface area contributed by atoms with Gasteiger partial charge in [-0.15, -0.1) is 0 Å². The van der Waals surface area contributed by atoms with Crippen LogP contribution in [0.4, 0.5) is 0 Å². The lowest BCUT2D eigenvalue weighted by Gasteiger charge is -2.04. The van der Waals surface area contributed by atoms with Gasteiger partial charge in [0.1, 0.15) is 6.29 Å². The molecule has 13 heavy (non-hydrogen) atoms. The van der Waals surface area contributed by atoms with Crippen LogP contribution in [0.3, 0.4) is 0 Å². The molecule has 1 aliphatic carbocycles. The fourth-order valence-corrected chi connectivity index (χ4v) is 1.43. The summed E-state index contributed by atoms with van der Waals surface area (Å²) < 4.78 is 0. The standard InChI is InChI=1S/C11H8O2/c12-7-10-5-8-3-1-2-4-9(8)6-11(10)13/h1-7,10H. The van der Waals surface area contributed by atoms with Gasteiger partial charge in [0.2, 0.25) is 0 Å². The number of hydrogen-bond acceptors (Lipinski definition) is 2. The van der Waals surface area contributed by atoms with Crippen molar-refractivity contribution in [2.45, 2.75) is 0 Å². The quantitative estimate of drug-likeness (QED) is 0.428. The molecule has 2 rings (SSSR count). The molecule has 0 bridgehead atoms. The van der Waals surface area contributed by atoms with Gasteiger partial charge in [0.05, 0.1) is 5.92 Å². The van der Waals surface area contributed by atoms with Crippen LogP contribution in [0.2, 0.25) is 0 Å². The molecule has 0 amide bonds. The van der Waals surface area contributed by atoms with E-state index >= 15 is 0 Å². The molecule has 0 N–H and O–H groups in total. The molecule has 0 radical (unpaired) electrons. The molecule has 1 aromatic rings. The smallest absolute Gasteiger partial charge is 0.170 e. The summed E-state index contributed by atoms with van der Waals surface area (Å²) in [5, 5.41) is 1.85. The van der Waals surface area contributed by atoms with Gasteiger partial charge in [0.25, 0.3) is 0 Å². The van der Waals surface area contributed by atoms with Crippen molar-refractivity contribution in [2.75, 3.05) is 0 Å². The number of Topliss-reactive ketones (excluding diaryl/α,β-unsaturated/α-hetero) is 1. The van der Waals surface area contributed by atoms with Gasteiger partial charge >= 0.3 is 0 Å². The summed E-state index contributed by atoms with van der Waals surface area (Å²) in [6.45, 7) is 0. The number of rotatable bonds is 1. The number of fused-ring (bicyclic) bond motifs is 1. The van der Waals surface area contributed by atoms with Crippen molar-refractivity contribution >= 4 is 24.2 Å². The normalized spacial score (nSPS) is 19.7. The van der Waals surface area contributed by atoms with Crippen molar-refractivity contribution in [3.63, 3.8) is 0 Å². The summed E-state index contributed by atoms with van der Waals surface area (Å²) in [6.07, 6.45) is 3.90. The first-order valence-corrected chi connectivity index (χ1v) is 4.09. The third-order valence-electron chi connectivity index (χ3n) is 2.13. The fourth-order valence-electron chi connectivity index (χ4n) is 1.43. The first kappa shape index (κ1) is 7.92. The van der Waals surface area contributed by atoms with Crippen LogP contribution >= 0.6 is 0 Å². The Kier molecular flexibility index (Phi) is 1.81. The topological polar surface area (TPSA) is 34.1 Å². The van der Waals surface area contributed by atoms with Crippen LogP contribution in [0.15, 0.2) is 24.3 Å². The highest BCUT2D eigenvalue weighted by Gasteiger charge is 2.14. The number of carbonyl (C=O) groups is 2. The second-order valence-corrected chi connectivity index (χ2v) is 3.00. The SMILES string of the molecule is O=CC1C=c2ccccc2=CC1=O. The van der Waals surface area contributed by atoms with Crippen molar-refractivity contribution in [3.05, 3.63) is 34.7 Å². The summed E-state index contributed by atoms with van der Waals surface area (Å²) in [7, 11) is 0. The fraction of sp³-hybridized carbons (Fsp3) is 0.0909. The second-order valence-electron chi connectivity index (χ2n) is 3.00. The van der Waals surface area contributed by atoms with E-state index in [1.807, 2.05) is 24.3 Å². The van der Waals surface area contributed by atoms with Crippen LogP contribution in [-0.4, -0.2) is 12.1 Å². The summed E-state index contributed by atoms with van der Waals surface area (Å²) in [5.41, 5.74) is 0. The van der Waals surface area contributed by atoms with Gasteiger partial charge in [-0.25, -0.2) is 0 Å². The Morgan fingerprint density at radius 1 is 1.15 bits per heavy atom. The highest BCUT2D eigenvalue weighted by atomic mass is 16.1. The van der Waals surface area contributed by atoms with Gasteiger partial charge in [-0.05, 0) is 16.5 Å². The molecule has 0 aromatic heterocycles. The van der Waals surface area contributed by atoms with Crippen LogP contribution in [0.1, 0.15) is 0 Å². The van der Waals surface area contributed by atoms with Gasteiger partial charge in [-0.3, -0.25) is 4.79 Å². The molecule has 1 unspecified atom stereocenters. The van der Waals surface area contributed by atoms with Gasteiger partial charge < -0.3 is 4.79 Å². The second kappa shape index (κ2) is 2.98. The van der Waals surface area contributed by atoms with E-state index in [1.54, 1.807) is 6.08 Å². The lowest BCUT2D eigenvalue weighted by atomic mass is 9.98. The van der Waals surface area contributed by atoms with Gasteiger partial charge in [0.15, 0.2) is 5.78 Å². The van der Waals surface area contributed by atoms with Crippen molar-refractivity contribution in [1.82, 2.24) is 0 Å². The van der Waals surface area contributed by atoms with E-state index in [0.717, 1.165) is 10.4 Å². The van der Waals surface area contributed by atoms with Crippen LogP contribution in [0, 0.1) is 5.92 Å². The lowest BCUT2D eigenvalue weighted by molar-refractivity contribution is -0.120. The molecule has 1 aliphatic rings. The molecule has 2 heteroatoms. The summed E-state index contributed by atoms with van der Waals surface area (Å²) in [5.74, 6) is -0.719. The largest absolute Gasteiger partial charge is 0.302 e. The maximum absolute atomic E-state index is 11.3. The maximum Gasteiger partial charge on any atom is 0.170 e. The minimum atomic E-state index is -0.588. The molecule has 0 saturated heterocycles. The first-order chi connectivity index (χ1) is 6.31. The number of aldehydes is 1. The molecule has 64 valence electrons. The molecule has 0 spiro atoms. The Bertz CT molecular complexity index is 471. The minimum absolute atomic E-state index is 0.131. The average Bonchev–Trinajstić information content (AvgIpc) is 2.17. The number of ketones is 1. The van der Waals surface area contributed by atoms with Crippen molar-refractivity contribution in [3.8, 4) is 0 Å². The van der Waals surface area contributed by atoms with Crippen LogP contribution < -0.4 is 10.4 Å². The minimum Gasteiger partial charge on any atom is -0.302 e. The summed E-state index contributed by atoms with van der Waals surface area (Å²) >= 11 is 0. The Hall–Kier alpha value is -1.70. The van der Waals surface area contributed by atoms with E-state index < -0.39 is 5.92 Å². The molecule has 1 aromatic carbocycles. The zero-order valence-electron chi connectivity index (χ0n) is 6.94. The van der Waals surface area contributed by atoms with Crippen LogP contribution in [-0.2, 0) is 9.59 Å². The van der Waals surface area contributed by atoms with Gasteiger partial charge in [-0.1, -0.05) is 30.3 Å². The van der Waals surface area contributed by atoms with Crippen molar-refractivity contribution in [2.24, 2.45) is 5.92 Å².